The molecule has 0 atom stereocenters. The summed E-state index contributed by atoms with van der Waals surface area (Å²) >= 11 is 0. The van der Waals surface area contributed by atoms with Crippen LogP contribution in [0.1, 0.15) is 35.3 Å². The first-order valence-electron chi connectivity index (χ1n) is 9.07. The fourth-order valence-corrected chi connectivity index (χ4v) is 2.82. The van der Waals surface area contributed by atoms with Crippen LogP contribution in [-0.2, 0) is 12.7 Å². The summed E-state index contributed by atoms with van der Waals surface area (Å²) in [6, 6.07) is 9.59. The SMILES string of the molecule is CC(C)Oc1ccc(CNC(=O)c2ccc(-c3ccco3)[nH]c2=O)c(C(F)(F)F)c1. The van der Waals surface area contributed by atoms with Crippen molar-refractivity contribution in [2.45, 2.75) is 32.7 Å². The Morgan fingerprint density at radius 3 is 2.57 bits per heavy atom. The molecule has 30 heavy (non-hydrogen) atoms. The van der Waals surface area contributed by atoms with Gasteiger partial charge in [-0.1, -0.05) is 6.07 Å². The van der Waals surface area contributed by atoms with Crippen molar-refractivity contribution in [3.63, 3.8) is 0 Å². The first kappa shape index (κ1) is 21.2. The van der Waals surface area contributed by atoms with Crippen molar-refractivity contribution >= 4 is 5.91 Å². The highest BCUT2D eigenvalue weighted by atomic mass is 19.4. The molecule has 6 nitrogen and oxygen atoms in total. The van der Waals surface area contributed by atoms with Crippen LogP contribution in [0.4, 0.5) is 13.2 Å². The van der Waals surface area contributed by atoms with Gasteiger partial charge in [-0.25, -0.2) is 0 Å². The van der Waals surface area contributed by atoms with Crippen molar-refractivity contribution in [1.82, 2.24) is 10.3 Å². The molecule has 3 rings (SSSR count). The van der Waals surface area contributed by atoms with Gasteiger partial charge in [0.15, 0.2) is 0 Å². The number of carbonyl (C=O) groups excluding carboxylic acids is 1. The van der Waals surface area contributed by atoms with E-state index in [4.69, 9.17) is 9.15 Å². The molecular weight excluding hydrogens is 401 g/mol. The second-order valence-corrected chi connectivity index (χ2v) is 6.76. The number of furan rings is 1. The van der Waals surface area contributed by atoms with Gasteiger partial charge in [-0.15, -0.1) is 0 Å². The molecular formula is C21H19F3N2O4. The number of amides is 1. The number of H-pyrrole nitrogens is 1. The Labute approximate surface area is 169 Å². The number of rotatable bonds is 6. The highest BCUT2D eigenvalue weighted by Crippen LogP contribution is 2.34. The van der Waals surface area contributed by atoms with Crippen LogP contribution in [-0.4, -0.2) is 17.0 Å². The topological polar surface area (TPSA) is 84.3 Å². The Kier molecular flexibility index (Phi) is 6.00. The van der Waals surface area contributed by atoms with Crippen molar-refractivity contribution in [2.24, 2.45) is 0 Å². The van der Waals surface area contributed by atoms with Crippen molar-refractivity contribution in [2.75, 3.05) is 0 Å². The number of aromatic nitrogens is 1. The lowest BCUT2D eigenvalue weighted by atomic mass is 10.1. The molecule has 0 saturated carbocycles. The van der Waals surface area contributed by atoms with E-state index >= 15 is 0 Å². The van der Waals surface area contributed by atoms with Crippen LogP contribution in [0.2, 0.25) is 0 Å². The van der Waals surface area contributed by atoms with E-state index in [0.29, 0.717) is 11.5 Å². The van der Waals surface area contributed by atoms with E-state index in [-0.39, 0.29) is 23.0 Å². The van der Waals surface area contributed by atoms with E-state index < -0.39 is 29.8 Å². The highest BCUT2D eigenvalue weighted by molar-refractivity contribution is 5.94. The monoisotopic (exact) mass is 420 g/mol. The van der Waals surface area contributed by atoms with Gasteiger partial charge in [-0.3, -0.25) is 9.59 Å². The Morgan fingerprint density at radius 1 is 1.20 bits per heavy atom. The highest BCUT2D eigenvalue weighted by Gasteiger charge is 2.34. The standard InChI is InChI=1S/C21H19F3N2O4/c1-12(2)30-14-6-5-13(16(10-14)21(22,23)24)11-25-19(27)15-7-8-17(26-20(15)28)18-4-3-9-29-18/h3-10,12H,11H2,1-2H3,(H,25,27)(H,26,28). The molecule has 0 spiro atoms. The lowest BCUT2D eigenvalue weighted by molar-refractivity contribution is -0.138. The molecule has 0 bridgehead atoms. The third-order valence-electron chi connectivity index (χ3n) is 4.14. The summed E-state index contributed by atoms with van der Waals surface area (Å²) < 4.78 is 50.8. The average molecular weight is 420 g/mol. The molecule has 0 saturated heterocycles. The minimum Gasteiger partial charge on any atom is -0.491 e. The summed E-state index contributed by atoms with van der Waals surface area (Å²) in [5.74, 6) is -0.298. The van der Waals surface area contributed by atoms with Crippen LogP contribution in [0.25, 0.3) is 11.5 Å². The molecule has 0 aliphatic rings. The minimum atomic E-state index is -4.63. The average Bonchev–Trinajstić information content (AvgIpc) is 3.20. The second kappa shape index (κ2) is 8.48. The van der Waals surface area contributed by atoms with Gasteiger partial charge < -0.3 is 19.5 Å². The van der Waals surface area contributed by atoms with Crippen molar-refractivity contribution in [3.05, 3.63) is 75.8 Å². The van der Waals surface area contributed by atoms with Crippen LogP contribution in [0.3, 0.4) is 0 Å². The van der Waals surface area contributed by atoms with Gasteiger partial charge in [-0.2, -0.15) is 13.2 Å². The van der Waals surface area contributed by atoms with E-state index in [1.54, 1.807) is 26.0 Å². The molecule has 2 aromatic heterocycles. The number of hydrogen-bond acceptors (Lipinski definition) is 4. The zero-order valence-corrected chi connectivity index (χ0v) is 16.2. The lowest BCUT2D eigenvalue weighted by Gasteiger charge is -2.17. The number of ether oxygens (including phenoxy) is 1. The number of pyridine rings is 1. The van der Waals surface area contributed by atoms with Gasteiger partial charge in [0.05, 0.1) is 23.6 Å². The van der Waals surface area contributed by atoms with Gasteiger partial charge in [0.25, 0.3) is 11.5 Å². The molecule has 9 heteroatoms. The molecule has 0 unspecified atom stereocenters. The van der Waals surface area contributed by atoms with Crippen LogP contribution in [0.5, 0.6) is 5.75 Å². The fraction of sp³-hybridized carbons (Fsp3) is 0.238. The summed E-state index contributed by atoms with van der Waals surface area (Å²) in [6.45, 7) is 3.00. The number of benzene rings is 1. The summed E-state index contributed by atoms with van der Waals surface area (Å²) in [5, 5.41) is 2.36. The number of nitrogens with one attached hydrogen (secondary N) is 2. The second-order valence-electron chi connectivity index (χ2n) is 6.76. The molecule has 0 aliphatic heterocycles. The molecule has 1 amide bonds. The molecule has 158 valence electrons. The van der Waals surface area contributed by atoms with Gasteiger partial charge in [0, 0.05) is 6.54 Å². The zero-order chi connectivity index (χ0) is 21.9. The lowest BCUT2D eigenvalue weighted by Crippen LogP contribution is -2.30. The van der Waals surface area contributed by atoms with E-state index in [0.717, 1.165) is 6.07 Å². The minimum absolute atomic E-state index is 0.0809. The largest absolute Gasteiger partial charge is 0.491 e. The number of alkyl halides is 3. The molecule has 1 aromatic carbocycles. The Morgan fingerprint density at radius 2 is 1.97 bits per heavy atom. The number of aromatic amines is 1. The zero-order valence-electron chi connectivity index (χ0n) is 16.2. The van der Waals surface area contributed by atoms with Crippen LogP contribution >= 0.6 is 0 Å². The maximum absolute atomic E-state index is 13.4. The first-order valence-corrected chi connectivity index (χ1v) is 9.07. The molecule has 0 radical (unpaired) electrons. The third-order valence-corrected chi connectivity index (χ3v) is 4.14. The first-order chi connectivity index (χ1) is 14.1. The molecule has 3 aromatic rings. The van der Waals surface area contributed by atoms with Crippen LogP contribution < -0.4 is 15.6 Å². The molecule has 0 fully saturated rings. The summed E-state index contributed by atoms with van der Waals surface area (Å²) in [4.78, 5) is 27.1. The quantitative estimate of drug-likeness (QED) is 0.620. The summed E-state index contributed by atoms with van der Waals surface area (Å²) in [6.07, 6.45) is -3.48. The predicted molar refractivity (Wildman–Crippen MR) is 103 cm³/mol. The fourth-order valence-electron chi connectivity index (χ4n) is 2.82. The van der Waals surface area contributed by atoms with Crippen LogP contribution in [0, 0.1) is 0 Å². The summed E-state index contributed by atoms with van der Waals surface area (Å²) in [5.41, 5.74) is -1.59. The van der Waals surface area contributed by atoms with E-state index in [1.165, 1.54) is 30.5 Å². The van der Waals surface area contributed by atoms with Crippen LogP contribution in [0.15, 0.2) is 57.9 Å². The van der Waals surface area contributed by atoms with Crippen molar-refractivity contribution in [1.29, 1.82) is 0 Å². The number of hydrogen-bond donors (Lipinski definition) is 2. The Hall–Kier alpha value is -3.49. The van der Waals surface area contributed by atoms with Gasteiger partial charge in [-0.05, 0) is 55.8 Å². The summed E-state index contributed by atoms with van der Waals surface area (Å²) in [7, 11) is 0. The van der Waals surface area contributed by atoms with Gasteiger partial charge in [0.1, 0.15) is 17.1 Å². The van der Waals surface area contributed by atoms with Gasteiger partial charge in [0.2, 0.25) is 0 Å². The van der Waals surface area contributed by atoms with E-state index in [2.05, 4.69) is 10.3 Å². The molecule has 2 heterocycles. The maximum atomic E-state index is 13.4. The van der Waals surface area contributed by atoms with Crippen molar-refractivity contribution < 1.29 is 27.1 Å². The number of halogens is 3. The van der Waals surface area contributed by atoms with E-state index in [9.17, 15) is 22.8 Å². The Balaban J connectivity index is 1.78. The number of carbonyl (C=O) groups is 1. The Bertz CT molecular complexity index is 1090. The molecule has 0 aliphatic carbocycles. The van der Waals surface area contributed by atoms with Crippen molar-refractivity contribution in [3.8, 4) is 17.2 Å². The smallest absolute Gasteiger partial charge is 0.416 e. The third kappa shape index (κ3) is 4.91. The van der Waals surface area contributed by atoms with E-state index in [1.807, 2.05) is 0 Å². The maximum Gasteiger partial charge on any atom is 0.416 e. The van der Waals surface area contributed by atoms with Gasteiger partial charge >= 0.3 is 6.18 Å². The predicted octanol–water partition coefficient (Wildman–Crippen LogP) is 4.37. The normalized spacial score (nSPS) is 11.5. The molecule has 2 N–H and O–H groups in total.